The summed E-state index contributed by atoms with van der Waals surface area (Å²) in [5.74, 6) is -0.291. The van der Waals surface area contributed by atoms with Gasteiger partial charge in [-0.25, -0.2) is 0 Å². The normalized spacial score (nSPS) is 12.1. The van der Waals surface area contributed by atoms with E-state index in [1.54, 1.807) is 0 Å². The summed E-state index contributed by atoms with van der Waals surface area (Å²) in [4.78, 5) is 23.2. The largest absolute Gasteiger partial charge is 0.315 e. The molecule has 2 N–H and O–H groups in total. The van der Waals surface area contributed by atoms with Crippen LogP contribution >= 0.6 is 19.7 Å². The molecule has 0 radical (unpaired) electrons. The highest BCUT2D eigenvalue weighted by molar-refractivity contribution is 8.18. The number of hydrogen-bond acceptors (Lipinski definition) is 4. The van der Waals surface area contributed by atoms with Crippen molar-refractivity contribution in [2.75, 3.05) is 5.49 Å². The van der Waals surface area contributed by atoms with Crippen molar-refractivity contribution < 1.29 is 9.59 Å². The van der Waals surface area contributed by atoms with Crippen molar-refractivity contribution in [1.82, 2.24) is 0 Å². The predicted molar refractivity (Wildman–Crippen MR) is 95.2 cm³/mol. The van der Waals surface area contributed by atoms with Crippen LogP contribution in [-0.4, -0.2) is 22.4 Å². The van der Waals surface area contributed by atoms with E-state index in [4.69, 9.17) is 5.73 Å². The first kappa shape index (κ1) is 16.9. The molecular formula is C17H18NO2PS. The van der Waals surface area contributed by atoms with Crippen LogP contribution in [0, 0.1) is 0 Å². The Hall–Kier alpha value is -1.48. The van der Waals surface area contributed by atoms with Gasteiger partial charge in [-0.05, 0) is 25.5 Å². The zero-order valence-corrected chi connectivity index (χ0v) is 14.0. The molecule has 0 amide bonds. The molecule has 2 aromatic rings. The Labute approximate surface area is 136 Å². The molecule has 0 heterocycles. The first-order valence-corrected chi connectivity index (χ1v) is 9.41. The molecule has 0 aliphatic carbocycles. The fourth-order valence-corrected chi connectivity index (χ4v) is 5.82. The molecule has 0 aliphatic rings. The number of Topliss-reactive ketones (excluding diaryl/α,β-unsaturated/α-hetero) is 1. The quantitative estimate of drug-likeness (QED) is 0.651. The average Bonchev–Trinajstić information content (AvgIpc) is 2.56. The zero-order valence-electron chi connectivity index (χ0n) is 12.3. The molecule has 1 atom stereocenters. The van der Waals surface area contributed by atoms with Gasteiger partial charge in [-0.15, -0.1) is 0 Å². The van der Waals surface area contributed by atoms with Crippen LogP contribution in [0.4, 0.5) is 0 Å². The maximum absolute atomic E-state index is 12.0. The Bertz CT molecular complexity index is 594. The predicted octanol–water partition coefficient (Wildman–Crippen LogP) is 2.25. The summed E-state index contributed by atoms with van der Waals surface area (Å²) in [5, 5.41) is 2.16. The molecule has 22 heavy (non-hydrogen) atoms. The van der Waals surface area contributed by atoms with Crippen molar-refractivity contribution in [3.8, 4) is 0 Å². The van der Waals surface area contributed by atoms with E-state index >= 15 is 0 Å². The van der Waals surface area contributed by atoms with E-state index in [0.29, 0.717) is 5.49 Å². The lowest BCUT2D eigenvalue weighted by Gasteiger charge is -2.18. The third-order valence-corrected chi connectivity index (χ3v) is 7.09. The van der Waals surface area contributed by atoms with E-state index in [-0.39, 0.29) is 10.9 Å². The van der Waals surface area contributed by atoms with E-state index in [1.807, 2.05) is 36.4 Å². The lowest BCUT2D eigenvalue weighted by molar-refractivity contribution is -0.123. The molecule has 114 valence electrons. The Morgan fingerprint density at radius 2 is 1.45 bits per heavy atom. The molecule has 0 aromatic heterocycles. The lowest BCUT2D eigenvalue weighted by Crippen LogP contribution is -2.35. The van der Waals surface area contributed by atoms with Crippen molar-refractivity contribution in [1.29, 1.82) is 0 Å². The molecule has 2 rings (SSSR count). The lowest BCUT2D eigenvalue weighted by atomic mass is 10.2. The van der Waals surface area contributed by atoms with E-state index in [0.717, 1.165) is 11.8 Å². The highest BCUT2D eigenvalue weighted by Crippen LogP contribution is 2.37. The number of nitrogens with two attached hydrogens (primary N) is 1. The number of rotatable bonds is 6. The standard InChI is InChI=1S/C17H18NO2PS/c1-13(19)16(18)17(20)22-12-21(14-8-4-2-5-9-14)15-10-6-3-7-11-15/h2-11,16H,12,18H2,1H3. The maximum atomic E-state index is 12.0. The second-order valence-electron chi connectivity index (χ2n) is 4.78. The summed E-state index contributed by atoms with van der Waals surface area (Å²) in [6, 6.07) is 19.3. The highest BCUT2D eigenvalue weighted by Gasteiger charge is 2.21. The molecule has 0 aliphatic heterocycles. The third kappa shape index (κ3) is 4.51. The van der Waals surface area contributed by atoms with Gasteiger partial charge in [0.05, 0.1) is 0 Å². The van der Waals surface area contributed by atoms with E-state index in [2.05, 4.69) is 24.3 Å². The first-order chi connectivity index (χ1) is 10.6. The molecule has 0 fully saturated rings. The van der Waals surface area contributed by atoms with Gasteiger partial charge in [0.2, 0.25) is 5.12 Å². The number of carbonyl (C=O) groups is 2. The second-order valence-corrected chi connectivity index (χ2v) is 8.39. The summed E-state index contributed by atoms with van der Waals surface area (Å²) >= 11 is 1.15. The van der Waals surface area contributed by atoms with Crippen molar-refractivity contribution in [2.45, 2.75) is 13.0 Å². The summed E-state index contributed by atoms with van der Waals surface area (Å²) in [6.45, 7) is 1.35. The van der Waals surface area contributed by atoms with E-state index < -0.39 is 14.0 Å². The monoisotopic (exact) mass is 331 g/mol. The van der Waals surface area contributed by atoms with Crippen LogP contribution in [0.15, 0.2) is 60.7 Å². The first-order valence-electron chi connectivity index (χ1n) is 6.90. The van der Waals surface area contributed by atoms with Gasteiger partial charge in [-0.1, -0.05) is 72.4 Å². The zero-order chi connectivity index (χ0) is 15.9. The second kappa shape index (κ2) is 8.23. The van der Waals surface area contributed by atoms with E-state index in [1.165, 1.54) is 17.5 Å². The minimum absolute atomic E-state index is 0.258. The van der Waals surface area contributed by atoms with Crippen LogP contribution in [0.3, 0.4) is 0 Å². The Kier molecular flexibility index (Phi) is 6.32. The SMILES string of the molecule is CC(=O)C(N)C(=O)SCP(c1ccccc1)c1ccccc1. The van der Waals surface area contributed by atoms with Crippen LogP contribution in [-0.2, 0) is 9.59 Å². The van der Waals surface area contributed by atoms with Gasteiger partial charge in [0.15, 0.2) is 5.78 Å². The van der Waals surface area contributed by atoms with Gasteiger partial charge in [0.1, 0.15) is 6.04 Å². The summed E-state index contributed by atoms with van der Waals surface area (Å²) in [7, 11) is -0.652. The van der Waals surface area contributed by atoms with Crippen LogP contribution in [0.1, 0.15) is 6.92 Å². The average molecular weight is 331 g/mol. The van der Waals surface area contributed by atoms with Gasteiger partial charge in [-0.2, -0.15) is 0 Å². The highest BCUT2D eigenvalue weighted by atomic mass is 32.2. The van der Waals surface area contributed by atoms with Crippen molar-refractivity contribution in [3.05, 3.63) is 60.7 Å². The van der Waals surface area contributed by atoms with Gasteiger partial charge in [0, 0.05) is 5.49 Å². The fraction of sp³-hybridized carbons (Fsp3) is 0.176. The molecule has 3 nitrogen and oxygen atoms in total. The molecule has 2 aromatic carbocycles. The van der Waals surface area contributed by atoms with Gasteiger partial charge in [-0.3, -0.25) is 9.59 Å². The number of carbonyl (C=O) groups excluding carboxylic acids is 2. The maximum Gasteiger partial charge on any atom is 0.213 e. The summed E-state index contributed by atoms with van der Waals surface area (Å²) in [6.07, 6.45) is 0. The number of hydrogen-bond donors (Lipinski definition) is 1. The van der Waals surface area contributed by atoms with Crippen LogP contribution in [0.5, 0.6) is 0 Å². The van der Waals surface area contributed by atoms with Gasteiger partial charge < -0.3 is 5.73 Å². The minimum atomic E-state index is -1.02. The molecule has 0 bridgehead atoms. The Morgan fingerprint density at radius 1 is 1.00 bits per heavy atom. The van der Waals surface area contributed by atoms with Crippen molar-refractivity contribution in [2.24, 2.45) is 5.73 Å². The number of thioether (sulfide) groups is 1. The van der Waals surface area contributed by atoms with E-state index in [9.17, 15) is 9.59 Å². The van der Waals surface area contributed by atoms with Crippen molar-refractivity contribution in [3.63, 3.8) is 0 Å². The Balaban J connectivity index is 2.16. The molecule has 0 saturated carbocycles. The molecule has 5 heteroatoms. The third-order valence-electron chi connectivity index (χ3n) is 3.16. The topological polar surface area (TPSA) is 60.2 Å². The summed E-state index contributed by atoms with van der Waals surface area (Å²) < 4.78 is 0. The molecule has 0 spiro atoms. The van der Waals surface area contributed by atoms with Crippen LogP contribution < -0.4 is 16.3 Å². The number of benzene rings is 2. The van der Waals surface area contributed by atoms with Crippen LogP contribution in [0.2, 0.25) is 0 Å². The van der Waals surface area contributed by atoms with Crippen molar-refractivity contribution >= 4 is 41.2 Å². The smallest absolute Gasteiger partial charge is 0.213 e. The number of ketones is 1. The fourth-order valence-electron chi connectivity index (χ4n) is 1.90. The Morgan fingerprint density at radius 3 is 1.86 bits per heavy atom. The van der Waals surface area contributed by atoms with Crippen LogP contribution in [0.25, 0.3) is 0 Å². The van der Waals surface area contributed by atoms with Gasteiger partial charge >= 0.3 is 0 Å². The minimum Gasteiger partial charge on any atom is -0.315 e. The molecular weight excluding hydrogens is 313 g/mol. The molecule has 1 unspecified atom stereocenters. The molecule has 0 saturated heterocycles. The van der Waals surface area contributed by atoms with Gasteiger partial charge in [0.25, 0.3) is 0 Å². The summed E-state index contributed by atoms with van der Waals surface area (Å²) in [5.41, 5.74) is 6.24.